The van der Waals surface area contributed by atoms with E-state index in [-0.39, 0.29) is 0 Å². The van der Waals surface area contributed by atoms with E-state index in [1.54, 1.807) is 0 Å². The highest BCUT2D eigenvalue weighted by Gasteiger charge is 2.16. The highest BCUT2D eigenvalue weighted by atomic mass is 14.9. The standard InChI is InChI=1S/C31H37N/c1-2-28(21-13-12-16-25-14-6-3-7-15-25)32-29-22-23-30(26-17-8-4-9-18-26)31(24-29)27-19-10-5-11-20-27/h5-6,8,10-11,14-15,17-19,21-24,27,32H,2-4,7,9,12-13,16,20H2,1H3/b28-21+. The van der Waals surface area contributed by atoms with Gasteiger partial charge in [0.1, 0.15) is 0 Å². The molecule has 0 aliphatic heterocycles. The number of allylic oxidation sites excluding steroid dienone is 14. The number of nitrogens with one attached hydrogen (secondary N) is 1. The molecule has 1 N–H and O–H groups in total. The molecule has 0 bridgehead atoms. The van der Waals surface area contributed by atoms with Gasteiger partial charge >= 0.3 is 0 Å². The van der Waals surface area contributed by atoms with Gasteiger partial charge in [0.25, 0.3) is 0 Å². The van der Waals surface area contributed by atoms with Crippen LogP contribution >= 0.6 is 0 Å². The molecule has 0 heterocycles. The zero-order valence-electron chi connectivity index (χ0n) is 19.5. The van der Waals surface area contributed by atoms with Gasteiger partial charge in [-0.25, -0.2) is 0 Å². The molecule has 3 aliphatic rings. The molecule has 0 spiro atoms. The molecule has 1 atom stereocenters. The van der Waals surface area contributed by atoms with Crippen molar-refractivity contribution in [2.45, 2.75) is 70.6 Å². The van der Waals surface area contributed by atoms with Crippen LogP contribution in [0.15, 0.2) is 96.3 Å². The van der Waals surface area contributed by atoms with Crippen molar-refractivity contribution in [1.82, 2.24) is 0 Å². The minimum Gasteiger partial charge on any atom is -0.359 e. The predicted molar refractivity (Wildman–Crippen MR) is 141 cm³/mol. The maximum atomic E-state index is 3.73. The third-order valence-corrected chi connectivity index (χ3v) is 6.56. The number of benzene rings is 1. The Morgan fingerprint density at radius 3 is 2.59 bits per heavy atom. The van der Waals surface area contributed by atoms with Crippen molar-refractivity contribution in [2.24, 2.45) is 0 Å². The Balaban J connectivity index is 1.47. The van der Waals surface area contributed by atoms with Gasteiger partial charge in [-0.2, -0.15) is 0 Å². The van der Waals surface area contributed by atoms with Gasteiger partial charge in [0, 0.05) is 17.3 Å². The zero-order chi connectivity index (χ0) is 22.0. The van der Waals surface area contributed by atoms with Crippen LogP contribution in [0.1, 0.15) is 81.8 Å². The summed E-state index contributed by atoms with van der Waals surface area (Å²) in [6, 6.07) is 6.96. The molecule has 1 aromatic rings. The van der Waals surface area contributed by atoms with E-state index in [1.807, 2.05) is 0 Å². The third-order valence-electron chi connectivity index (χ3n) is 6.56. The van der Waals surface area contributed by atoms with E-state index in [0.29, 0.717) is 5.92 Å². The molecular weight excluding hydrogens is 386 g/mol. The molecule has 166 valence electrons. The number of hydrogen-bond donors (Lipinski definition) is 1. The lowest BCUT2D eigenvalue weighted by atomic mass is 9.85. The number of anilines is 1. The molecule has 0 fully saturated rings. The van der Waals surface area contributed by atoms with E-state index < -0.39 is 0 Å². The second-order valence-electron chi connectivity index (χ2n) is 8.96. The quantitative estimate of drug-likeness (QED) is 0.390. The van der Waals surface area contributed by atoms with E-state index in [2.05, 4.69) is 97.3 Å². The summed E-state index contributed by atoms with van der Waals surface area (Å²) in [7, 11) is 0. The highest BCUT2D eigenvalue weighted by Crippen LogP contribution is 2.35. The summed E-state index contributed by atoms with van der Waals surface area (Å²) in [6.07, 6.45) is 35.7. The number of unbranched alkanes of at least 4 members (excludes halogenated alkanes) is 1. The smallest absolute Gasteiger partial charge is 0.0385 e. The normalized spacial score (nSPS) is 20.3. The van der Waals surface area contributed by atoms with Crippen LogP contribution in [0, 0.1) is 0 Å². The fourth-order valence-corrected chi connectivity index (χ4v) is 4.74. The lowest BCUT2D eigenvalue weighted by molar-refractivity contribution is 0.824. The second kappa shape index (κ2) is 11.7. The molecule has 0 saturated carbocycles. The molecule has 1 aromatic carbocycles. The molecule has 1 heteroatoms. The molecule has 3 aliphatic carbocycles. The molecule has 0 amide bonds. The van der Waals surface area contributed by atoms with Crippen LogP contribution in [0.5, 0.6) is 0 Å². The first-order chi connectivity index (χ1) is 15.8. The Hall–Kier alpha value is -2.80. The minimum absolute atomic E-state index is 0.443. The van der Waals surface area contributed by atoms with Crippen LogP contribution in [0.25, 0.3) is 5.57 Å². The summed E-state index contributed by atoms with van der Waals surface area (Å²) >= 11 is 0. The number of rotatable bonds is 9. The van der Waals surface area contributed by atoms with E-state index in [4.69, 9.17) is 0 Å². The Bertz CT molecular complexity index is 993. The van der Waals surface area contributed by atoms with Crippen molar-refractivity contribution >= 4 is 11.3 Å². The molecule has 1 nitrogen and oxygen atoms in total. The zero-order valence-corrected chi connectivity index (χ0v) is 19.5. The molecule has 1 unspecified atom stereocenters. The van der Waals surface area contributed by atoms with Gasteiger partial charge in [0.15, 0.2) is 0 Å². The summed E-state index contributed by atoms with van der Waals surface area (Å²) in [6.45, 7) is 2.24. The van der Waals surface area contributed by atoms with E-state index in [1.165, 1.54) is 59.3 Å². The fraction of sp³-hybridized carbons (Fsp3) is 0.355. The van der Waals surface area contributed by atoms with E-state index in [0.717, 1.165) is 32.1 Å². The highest BCUT2D eigenvalue weighted by molar-refractivity contribution is 5.79. The van der Waals surface area contributed by atoms with Crippen LogP contribution in [0.4, 0.5) is 5.69 Å². The van der Waals surface area contributed by atoms with Gasteiger partial charge in [-0.1, -0.05) is 85.4 Å². The van der Waals surface area contributed by atoms with Crippen molar-refractivity contribution in [2.75, 3.05) is 5.32 Å². The summed E-state index contributed by atoms with van der Waals surface area (Å²) in [5.41, 5.74) is 8.23. The summed E-state index contributed by atoms with van der Waals surface area (Å²) in [5, 5.41) is 3.73. The molecule has 4 rings (SSSR count). The Labute approximate surface area is 194 Å². The van der Waals surface area contributed by atoms with Gasteiger partial charge in [-0.3, -0.25) is 0 Å². The predicted octanol–water partition coefficient (Wildman–Crippen LogP) is 9.17. The van der Waals surface area contributed by atoms with Crippen LogP contribution in [-0.2, 0) is 0 Å². The van der Waals surface area contributed by atoms with E-state index >= 15 is 0 Å². The molecule has 32 heavy (non-hydrogen) atoms. The maximum absolute atomic E-state index is 3.73. The number of hydrogen-bond acceptors (Lipinski definition) is 1. The van der Waals surface area contributed by atoms with Crippen LogP contribution in [-0.4, -0.2) is 0 Å². The lowest BCUT2D eigenvalue weighted by Crippen LogP contribution is -2.05. The van der Waals surface area contributed by atoms with E-state index in [9.17, 15) is 0 Å². The second-order valence-corrected chi connectivity index (χ2v) is 8.96. The van der Waals surface area contributed by atoms with Crippen LogP contribution in [0.2, 0.25) is 0 Å². The SMILES string of the molecule is CC/C(=C\CCCC1=CCCC=C1)Nc1ccc(C2=CCCC=C2)c(C2C=CC=CC2)c1. The summed E-state index contributed by atoms with van der Waals surface area (Å²) < 4.78 is 0. The van der Waals surface area contributed by atoms with Gasteiger partial charge < -0.3 is 5.32 Å². The van der Waals surface area contributed by atoms with Gasteiger partial charge in [-0.05, 0) is 86.6 Å². The monoisotopic (exact) mass is 423 g/mol. The van der Waals surface area contributed by atoms with Gasteiger partial charge in [0.05, 0.1) is 0 Å². The van der Waals surface area contributed by atoms with Crippen molar-refractivity contribution in [3.05, 3.63) is 107 Å². The van der Waals surface area contributed by atoms with Crippen LogP contribution in [0.3, 0.4) is 0 Å². The summed E-state index contributed by atoms with van der Waals surface area (Å²) in [5.74, 6) is 0.443. The largest absolute Gasteiger partial charge is 0.359 e. The van der Waals surface area contributed by atoms with Crippen molar-refractivity contribution < 1.29 is 0 Å². The van der Waals surface area contributed by atoms with Crippen LogP contribution < -0.4 is 5.32 Å². The van der Waals surface area contributed by atoms with Crippen molar-refractivity contribution in [1.29, 1.82) is 0 Å². The molecule has 0 saturated heterocycles. The average Bonchev–Trinajstić information content (AvgIpc) is 2.87. The first-order valence-electron chi connectivity index (χ1n) is 12.5. The fourth-order valence-electron chi connectivity index (χ4n) is 4.74. The Morgan fingerprint density at radius 1 is 1.00 bits per heavy atom. The van der Waals surface area contributed by atoms with Gasteiger partial charge in [-0.15, -0.1) is 0 Å². The molecule has 0 radical (unpaired) electrons. The molecular formula is C31H37N. The minimum atomic E-state index is 0.443. The first kappa shape index (κ1) is 22.4. The van der Waals surface area contributed by atoms with Gasteiger partial charge in [0.2, 0.25) is 0 Å². The van der Waals surface area contributed by atoms with Crippen molar-refractivity contribution in [3.8, 4) is 0 Å². The third kappa shape index (κ3) is 6.13. The Kier molecular flexibility index (Phi) is 8.20. The lowest BCUT2D eigenvalue weighted by Gasteiger charge is -2.21. The topological polar surface area (TPSA) is 12.0 Å². The Morgan fingerprint density at radius 2 is 1.88 bits per heavy atom. The maximum Gasteiger partial charge on any atom is 0.0385 e. The molecule has 0 aromatic heterocycles. The first-order valence-corrected chi connectivity index (χ1v) is 12.5. The van der Waals surface area contributed by atoms with Crippen molar-refractivity contribution in [3.63, 3.8) is 0 Å². The summed E-state index contributed by atoms with van der Waals surface area (Å²) in [4.78, 5) is 0. The average molecular weight is 424 g/mol.